The summed E-state index contributed by atoms with van der Waals surface area (Å²) in [5.41, 5.74) is 2.77. The highest BCUT2D eigenvalue weighted by molar-refractivity contribution is 7.98. The SMILES string of the molecule is COc1ccc(-c2nnc(SCc3cccc(C#N)c3)n2C(C)C)cc1. The van der Waals surface area contributed by atoms with Gasteiger partial charge in [-0.2, -0.15) is 5.26 Å². The van der Waals surface area contributed by atoms with Gasteiger partial charge < -0.3 is 4.74 Å². The predicted octanol–water partition coefficient (Wildman–Crippen LogP) is 4.70. The summed E-state index contributed by atoms with van der Waals surface area (Å²) in [5.74, 6) is 2.40. The van der Waals surface area contributed by atoms with Gasteiger partial charge in [-0.05, 0) is 55.8 Å². The number of hydrogen-bond acceptors (Lipinski definition) is 5. The molecule has 0 radical (unpaired) electrons. The quantitative estimate of drug-likeness (QED) is 0.593. The van der Waals surface area contributed by atoms with Crippen molar-refractivity contribution in [1.29, 1.82) is 5.26 Å². The second-order valence-corrected chi connectivity index (χ2v) is 7.04. The van der Waals surface area contributed by atoms with Crippen molar-refractivity contribution in [3.63, 3.8) is 0 Å². The van der Waals surface area contributed by atoms with Gasteiger partial charge in [-0.25, -0.2) is 0 Å². The summed E-state index contributed by atoms with van der Waals surface area (Å²) < 4.78 is 7.36. The molecule has 0 aliphatic rings. The molecule has 0 bridgehead atoms. The van der Waals surface area contributed by atoms with Gasteiger partial charge in [0, 0.05) is 17.4 Å². The van der Waals surface area contributed by atoms with E-state index < -0.39 is 0 Å². The molecule has 5 nitrogen and oxygen atoms in total. The van der Waals surface area contributed by atoms with Crippen LogP contribution in [0.2, 0.25) is 0 Å². The molecule has 0 N–H and O–H groups in total. The minimum absolute atomic E-state index is 0.232. The Hall–Kier alpha value is -2.78. The number of methoxy groups -OCH3 is 1. The van der Waals surface area contributed by atoms with Gasteiger partial charge in [0.05, 0.1) is 18.7 Å². The van der Waals surface area contributed by atoms with Gasteiger partial charge in [0.25, 0.3) is 0 Å². The lowest BCUT2D eigenvalue weighted by molar-refractivity contribution is 0.415. The molecule has 3 rings (SSSR count). The normalized spacial score (nSPS) is 10.7. The third-order valence-corrected chi connectivity index (χ3v) is 4.97. The van der Waals surface area contributed by atoms with Gasteiger partial charge in [-0.3, -0.25) is 4.57 Å². The molecule has 0 aliphatic carbocycles. The minimum atomic E-state index is 0.232. The number of aromatic nitrogens is 3. The van der Waals surface area contributed by atoms with E-state index in [0.29, 0.717) is 5.56 Å². The first-order valence-electron chi connectivity index (χ1n) is 8.33. The van der Waals surface area contributed by atoms with Crippen molar-refractivity contribution in [3.05, 3.63) is 59.7 Å². The molecular formula is C20H20N4OS. The molecule has 26 heavy (non-hydrogen) atoms. The number of nitrogens with zero attached hydrogens (tertiary/aromatic N) is 4. The second kappa shape index (κ2) is 8.07. The Morgan fingerprint density at radius 2 is 1.92 bits per heavy atom. The Bertz CT molecular complexity index is 926. The fraction of sp³-hybridized carbons (Fsp3) is 0.250. The first kappa shape index (κ1) is 18.0. The molecule has 3 aromatic rings. The number of hydrogen-bond donors (Lipinski definition) is 0. The maximum atomic E-state index is 9.04. The van der Waals surface area contributed by atoms with Crippen LogP contribution in [0.3, 0.4) is 0 Å². The molecule has 2 aromatic carbocycles. The smallest absolute Gasteiger partial charge is 0.192 e. The summed E-state index contributed by atoms with van der Waals surface area (Å²) in [7, 11) is 1.65. The highest BCUT2D eigenvalue weighted by atomic mass is 32.2. The molecule has 0 fully saturated rings. The average molecular weight is 364 g/mol. The zero-order chi connectivity index (χ0) is 18.5. The summed E-state index contributed by atoms with van der Waals surface area (Å²) in [4.78, 5) is 0. The standard InChI is InChI=1S/C20H20N4OS/c1-14(2)24-19(17-7-9-18(25-3)10-8-17)22-23-20(24)26-13-16-6-4-5-15(11-16)12-21/h4-11,14H,13H2,1-3H3. The molecule has 132 valence electrons. The van der Waals surface area contributed by atoms with Gasteiger partial charge in [0.2, 0.25) is 0 Å². The summed E-state index contributed by atoms with van der Waals surface area (Å²) >= 11 is 1.63. The Balaban J connectivity index is 1.85. The summed E-state index contributed by atoms with van der Waals surface area (Å²) in [6.45, 7) is 4.24. The van der Waals surface area contributed by atoms with Crippen LogP contribution in [0.5, 0.6) is 5.75 Å². The Kier molecular flexibility index (Phi) is 5.59. The van der Waals surface area contributed by atoms with E-state index in [1.807, 2.05) is 48.5 Å². The van der Waals surface area contributed by atoms with Crippen LogP contribution in [-0.2, 0) is 5.75 Å². The fourth-order valence-electron chi connectivity index (χ4n) is 2.66. The van der Waals surface area contributed by atoms with Crippen molar-refractivity contribution in [2.75, 3.05) is 7.11 Å². The molecular weight excluding hydrogens is 344 g/mol. The largest absolute Gasteiger partial charge is 0.497 e. The number of rotatable bonds is 6. The molecule has 0 aliphatic heterocycles. The van der Waals surface area contributed by atoms with Gasteiger partial charge in [0.15, 0.2) is 11.0 Å². The first-order valence-corrected chi connectivity index (χ1v) is 9.32. The van der Waals surface area contributed by atoms with Crippen molar-refractivity contribution in [2.45, 2.75) is 30.8 Å². The minimum Gasteiger partial charge on any atom is -0.497 e. The number of ether oxygens (including phenoxy) is 1. The summed E-state index contributed by atoms with van der Waals surface area (Å²) in [6.07, 6.45) is 0. The van der Waals surface area contributed by atoms with Crippen LogP contribution in [0.4, 0.5) is 0 Å². The van der Waals surface area contributed by atoms with Crippen molar-refractivity contribution < 1.29 is 4.74 Å². The molecule has 0 saturated carbocycles. The van der Waals surface area contributed by atoms with E-state index in [1.165, 1.54) is 0 Å². The van der Waals surface area contributed by atoms with E-state index >= 15 is 0 Å². The maximum Gasteiger partial charge on any atom is 0.192 e. The van der Waals surface area contributed by atoms with Crippen LogP contribution in [0.1, 0.15) is 31.0 Å². The third-order valence-electron chi connectivity index (χ3n) is 3.95. The second-order valence-electron chi connectivity index (χ2n) is 6.10. The van der Waals surface area contributed by atoms with Crippen LogP contribution in [-0.4, -0.2) is 21.9 Å². The Morgan fingerprint density at radius 1 is 1.15 bits per heavy atom. The van der Waals surface area contributed by atoms with Gasteiger partial charge in [-0.15, -0.1) is 10.2 Å². The zero-order valence-electron chi connectivity index (χ0n) is 15.0. The summed E-state index contributed by atoms with van der Waals surface area (Å²) in [6, 6.07) is 17.9. The topological polar surface area (TPSA) is 63.7 Å². The Labute approximate surface area is 157 Å². The van der Waals surface area contributed by atoms with E-state index in [0.717, 1.165) is 33.6 Å². The zero-order valence-corrected chi connectivity index (χ0v) is 15.8. The number of nitriles is 1. The van der Waals surface area contributed by atoms with Crippen LogP contribution in [0, 0.1) is 11.3 Å². The Morgan fingerprint density at radius 3 is 2.58 bits per heavy atom. The molecule has 0 atom stereocenters. The lowest BCUT2D eigenvalue weighted by Gasteiger charge is -2.14. The molecule has 1 aromatic heterocycles. The van der Waals surface area contributed by atoms with E-state index in [1.54, 1.807) is 18.9 Å². The van der Waals surface area contributed by atoms with Gasteiger partial charge in [0.1, 0.15) is 5.75 Å². The van der Waals surface area contributed by atoms with Crippen LogP contribution in [0.15, 0.2) is 53.7 Å². The molecule has 0 spiro atoms. The fourth-order valence-corrected chi connectivity index (χ4v) is 3.67. The molecule has 0 saturated heterocycles. The molecule has 0 unspecified atom stereocenters. The first-order chi connectivity index (χ1) is 12.6. The number of thioether (sulfide) groups is 1. The van der Waals surface area contributed by atoms with Crippen LogP contribution in [0.25, 0.3) is 11.4 Å². The van der Waals surface area contributed by atoms with E-state index in [-0.39, 0.29) is 6.04 Å². The van der Waals surface area contributed by atoms with Crippen molar-refractivity contribution in [2.24, 2.45) is 0 Å². The van der Waals surface area contributed by atoms with E-state index in [9.17, 15) is 0 Å². The number of benzene rings is 2. The molecule has 1 heterocycles. The van der Waals surface area contributed by atoms with E-state index in [4.69, 9.17) is 10.00 Å². The van der Waals surface area contributed by atoms with Crippen molar-refractivity contribution >= 4 is 11.8 Å². The van der Waals surface area contributed by atoms with Crippen LogP contribution >= 0.6 is 11.8 Å². The van der Waals surface area contributed by atoms with Crippen molar-refractivity contribution in [3.8, 4) is 23.2 Å². The third kappa shape index (κ3) is 3.89. The highest BCUT2D eigenvalue weighted by Crippen LogP contribution is 2.30. The monoisotopic (exact) mass is 364 g/mol. The van der Waals surface area contributed by atoms with Crippen molar-refractivity contribution in [1.82, 2.24) is 14.8 Å². The maximum absolute atomic E-state index is 9.04. The highest BCUT2D eigenvalue weighted by Gasteiger charge is 2.17. The average Bonchev–Trinajstić information content (AvgIpc) is 3.11. The van der Waals surface area contributed by atoms with Crippen LogP contribution < -0.4 is 4.74 Å². The summed E-state index contributed by atoms with van der Waals surface area (Å²) in [5, 5.41) is 18.7. The lowest BCUT2D eigenvalue weighted by Crippen LogP contribution is -2.05. The molecule has 6 heteroatoms. The molecule has 0 amide bonds. The predicted molar refractivity (Wildman–Crippen MR) is 103 cm³/mol. The van der Waals surface area contributed by atoms with E-state index in [2.05, 4.69) is 34.7 Å². The van der Waals surface area contributed by atoms with Gasteiger partial charge in [-0.1, -0.05) is 23.9 Å². The van der Waals surface area contributed by atoms with Gasteiger partial charge >= 0.3 is 0 Å². The lowest BCUT2D eigenvalue weighted by atomic mass is 10.2.